The highest BCUT2D eigenvalue weighted by atomic mass is 16.5. The minimum Gasteiger partial charge on any atom is -0.497 e. The van der Waals surface area contributed by atoms with Crippen molar-refractivity contribution in [2.24, 2.45) is 0 Å². The lowest BCUT2D eigenvalue weighted by Gasteiger charge is -2.32. The van der Waals surface area contributed by atoms with E-state index >= 15 is 0 Å². The second-order valence-corrected chi connectivity index (χ2v) is 7.04. The quantitative estimate of drug-likeness (QED) is 0.544. The van der Waals surface area contributed by atoms with Gasteiger partial charge in [0.15, 0.2) is 5.78 Å². The number of ether oxygens (including phenoxy) is 2. The molecule has 1 aliphatic heterocycles. The number of carbonyl (C=O) groups is 1. The maximum atomic E-state index is 12.9. The van der Waals surface area contributed by atoms with Gasteiger partial charge in [-0.05, 0) is 43.0 Å². The first-order valence-corrected chi connectivity index (χ1v) is 9.54. The Kier molecular flexibility index (Phi) is 6.85. The molecule has 0 spiro atoms. The molecule has 0 radical (unpaired) electrons. The van der Waals surface area contributed by atoms with Crippen molar-refractivity contribution in [1.82, 2.24) is 9.80 Å². The van der Waals surface area contributed by atoms with Crippen molar-refractivity contribution in [3.05, 3.63) is 65.2 Å². The Labute approximate surface area is 167 Å². The van der Waals surface area contributed by atoms with Crippen molar-refractivity contribution < 1.29 is 14.3 Å². The fourth-order valence-corrected chi connectivity index (χ4v) is 3.37. The number of hydrogen-bond acceptors (Lipinski definition) is 5. The zero-order chi connectivity index (χ0) is 19.9. The molecule has 0 amide bonds. The summed E-state index contributed by atoms with van der Waals surface area (Å²) in [7, 11) is 5.38. The molecule has 1 saturated heterocycles. The summed E-state index contributed by atoms with van der Waals surface area (Å²) in [5, 5.41) is 0. The SMILES string of the molecule is COc1ccc(OC)c(C=CC(=O)c2ccccc2CN2CCN(C)CC2)c1. The van der Waals surface area contributed by atoms with Gasteiger partial charge in [-0.1, -0.05) is 24.3 Å². The third kappa shape index (κ3) is 5.00. The minimum atomic E-state index is -0.00500. The van der Waals surface area contributed by atoms with Gasteiger partial charge in [-0.15, -0.1) is 0 Å². The summed E-state index contributed by atoms with van der Waals surface area (Å²) in [6.07, 6.45) is 3.40. The smallest absolute Gasteiger partial charge is 0.186 e. The van der Waals surface area contributed by atoms with Crippen LogP contribution in [-0.2, 0) is 6.54 Å². The predicted octanol–water partition coefficient (Wildman–Crippen LogP) is 3.35. The van der Waals surface area contributed by atoms with Crippen molar-refractivity contribution in [3.63, 3.8) is 0 Å². The lowest BCUT2D eigenvalue weighted by atomic mass is 10.0. The monoisotopic (exact) mass is 380 g/mol. The number of hydrogen-bond donors (Lipinski definition) is 0. The van der Waals surface area contributed by atoms with Gasteiger partial charge in [0.05, 0.1) is 14.2 Å². The second-order valence-electron chi connectivity index (χ2n) is 7.04. The van der Waals surface area contributed by atoms with Gasteiger partial charge in [0, 0.05) is 43.9 Å². The van der Waals surface area contributed by atoms with Crippen LogP contribution in [0.3, 0.4) is 0 Å². The maximum Gasteiger partial charge on any atom is 0.186 e. The van der Waals surface area contributed by atoms with Crippen molar-refractivity contribution in [2.75, 3.05) is 47.4 Å². The predicted molar refractivity (Wildman–Crippen MR) is 112 cm³/mol. The van der Waals surface area contributed by atoms with Crippen LogP contribution in [0.15, 0.2) is 48.5 Å². The number of piperazine rings is 1. The van der Waals surface area contributed by atoms with Crippen molar-refractivity contribution in [1.29, 1.82) is 0 Å². The van der Waals surface area contributed by atoms with E-state index in [9.17, 15) is 4.79 Å². The molecular weight excluding hydrogens is 352 g/mol. The van der Waals surface area contributed by atoms with E-state index in [1.165, 1.54) is 0 Å². The number of allylic oxidation sites excluding steroid dienone is 1. The molecule has 28 heavy (non-hydrogen) atoms. The van der Waals surface area contributed by atoms with Crippen LogP contribution in [0.25, 0.3) is 6.08 Å². The Morgan fingerprint density at radius 1 is 1.04 bits per heavy atom. The van der Waals surface area contributed by atoms with Crippen molar-refractivity contribution in [2.45, 2.75) is 6.54 Å². The molecule has 0 aromatic heterocycles. The third-order valence-corrected chi connectivity index (χ3v) is 5.12. The highest BCUT2D eigenvalue weighted by Crippen LogP contribution is 2.25. The Morgan fingerprint density at radius 3 is 2.50 bits per heavy atom. The molecular formula is C23H28N2O3. The fourth-order valence-electron chi connectivity index (χ4n) is 3.37. The van der Waals surface area contributed by atoms with E-state index in [1.54, 1.807) is 26.4 Å². The standard InChI is InChI=1S/C23H28N2O3/c1-24-12-14-25(15-13-24)17-19-6-4-5-7-21(19)22(26)10-8-18-16-20(27-2)9-11-23(18)28-3/h4-11,16H,12-15,17H2,1-3H3. The molecule has 0 atom stereocenters. The first kappa shape index (κ1) is 20.1. The summed E-state index contributed by atoms with van der Waals surface area (Å²) < 4.78 is 10.7. The molecule has 148 valence electrons. The summed E-state index contributed by atoms with van der Waals surface area (Å²) >= 11 is 0. The molecule has 1 fully saturated rings. The summed E-state index contributed by atoms with van der Waals surface area (Å²) in [4.78, 5) is 17.6. The number of methoxy groups -OCH3 is 2. The molecule has 1 aliphatic rings. The summed E-state index contributed by atoms with van der Waals surface area (Å²) in [5.74, 6) is 1.42. The van der Waals surface area contributed by atoms with Gasteiger partial charge in [-0.2, -0.15) is 0 Å². The average Bonchev–Trinajstić information content (AvgIpc) is 2.73. The first-order valence-electron chi connectivity index (χ1n) is 9.54. The van der Waals surface area contributed by atoms with Gasteiger partial charge in [-0.25, -0.2) is 0 Å². The van der Waals surface area contributed by atoms with Crippen molar-refractivity contribution in [3.8, 4) is 11.5 Å². The Morgan fingerprint density at radius 2 is 1.79 bits per heavy atom. The van der Waals surface area contributed by atoms with Crippen LogP contribution in [0.4, 0.5) is 0 Å². The van der Waals surface area contributed by atoms with Crippen LogP contribution >= 0.6 is 0 Å². The highest BCUT2D eigenvalue weighted by Gasteiger charge is 2.16. The average molecular weight is 380 g/mol. The molecule has 0 N–H and O–H groups in total. The molecule has 5 nitrogen and oxygen atoms in total. The number of carbonyl (C=O) groups excluding carboxylic acids is 1. The van der Waals surface area contributed by atoms with Gasteiger partial charge in [0.25, 0.3) is 0 Å². The summed E-state index contributed by atoms with van der Waals surface area (Å²) in [6, 6.07) is 13.4. The number of ketones is 1. The zero-order valence-corrected chi connectivity index (χ0v) is 16.9. The third-order valence-electron chi connectivity index (χ3n) is 5.12. The molecule has 0 bridgehead atoms. The lowest BCUT2D eigenvalue weighted by molar-refractivity contribution is 0.104. The van der Waals surface area contributed by atoms with Gasteiger partial charge in [0.1, 0.15) is 11.5 Å². The van der Waals surface area contributed by atoms with E-state index in [2.05, 4.69) is 16.8 Å². The van der Waals surface area contributed by atoms with E-state index in [0.717, 1.165) is 55.2 Å². The number of rotatable bonds is 7. The van der Waals surface area contributed by atoms with Gasteiger partial charge in [0.2, 0.25) is 0 Å². The van der Waals surface area contributed by atoms with Gasteiger partial charge in [-0.3, -0.25) is 9.69 Å². The van der Waals surface area contributed by atoms with Crippen LogP contribution in [-0.4, -0.2) is 63.0 Å². The molecule has 0 aliphatic carbocycles. The Bertz CT molecular complexity index is 839. The summed E-state index contributed by atoms with van der Waals surface area (Å²) in [6.45, 7) is 4.97. The van der Waals surface area contributed by atoms with Gasteiger partial charge >= 0.3 is 0 Å². The van der Waals surface area contributed by atoms with E-state index in [1.807, 2.05) is 42.5 Å². The highest BCUT2D eigenvalue weighted by molar-refractivity contribution is 6.07. The minimum absolute atomic E-state index is 0.00500. The normalized spacial score (nSPS) is 15.7. The van der Waals surface area contributed by atoms with Gasteiger partial charge < -0.3 is 14.4 Å². The van der Waals surface area contributed by atoms with Crippen LogP contribution in [0.2, 0.25) is 0 Å². The van der Waals surface area contributed by atoms with E-state index in [0.29, 0.717) is 5.75 Å². The molecule has 0 saturated carbocycles. The van der Waals surface area contributed by atoms with Crippen LogP contribution in [0, 0.1) is 0 Å². The van der Waals surface area contributed by atoms with Crippen LogP contribution < -0.4 is 9.47 Å². The largest absolute Gasteiger partial charge is 0.497 e. The van der Waals surface area contributed by atoms with E-state index in [-0.39, 0.29) is 5.78 Å². The molecule has 5 heteroatoms. The second kappa shape index (κ2) is 9.53. The molecule has 2 aromatic carbocycles. The Balaban J connectivity index is 1.77. The molecule has 2 aromatic rings. The number of likely N-dealkylation sites (N-methyl/N-ethyl adjacent to an activating group) is 1. The topological polar surface area (TPSA) is 42.0 Å². The van der Waals surface area contributed by atoms with E-state index in [4.69, 9.17) is 9.47 Å². The summed E-state index contributed by atoms with van der Waals surface area (Å²) in [5.41, 5.74) is 2.63. The fraction of sp³-hybridized carbons (Fsp3) is 0.348. The lowest BCUT2D eigenvalue weighted by Crippen LogP contribution is -2.44. The van der Waals surface area contributed by atoms with Crippen LogP contribution in [0.5, 0.6) is 11.5 Å². The maximum absolute atomic E-state index is 12.9. The van der Waals surface area contributed by atoms with E-state index < -0.39 is 0 Å². The van der Waals surface area contributed by atoms with Crippen LogP contribution in [0.1, 0.15) is 21.5 Å². The molecule has 1 heterocycles. The molecule has 0 unspecified atom stereocenters. The Hall–Kier alpha value is -2.63. The zero-order valence-electron chi connectivity index (χ0n) is 16.9. The molecule has 3 rings (SSSR count). The number of nitrogens with zero attached hydrogens (tertiary/aromatic N) is 2. The number of benzene rings is 2. The van der Waals surface area contributed by atoms with Crippen molar-refractivity contribution >= 4 is 11.9 Å². The first-order chi connectivity index (χ1) is 13.6.